The fourth-order valence-corrected chi connectivity index (χ4v) is 4.08. The molecule has 0 radical (unpaired) electrons. The van der Waals surface area contributed by atoms with E-state index in [1.807, 2.05) is 13.8 Å². The summed E-state index contributed by atoms with van der Waals surface area (Å²) < 4.78 is 0. The normalized spacial score (nSPS) is 11.9. The first-order chi connectivity index (χ1) is 21.9. The molecule has 10 heteroatoms. The van der Waals surface area contributed by atoms with Gasteiger partial charge in [0, 0.05) is 12.8 Å². The Kier molecular flexibility index (Phi) is 33.1. The lowest BCUT2D eigenvalue weighted by Gasteiger charge is -2.21. The third-order valence-electron chi connectivity index (χ3n) is 7.24. The first-order valence-corrected chi connectivity index (χ1v) is 18.0. The molecule has 0 aliphatic carbocycles. The molecule has 0 rings (SSSR count). The van der Waals surface area contributed by atoms with Gasteiger partial charge in [0.25, 0.3) is 0 Å². The van der Waals surface area contributed by atoms with Gasteiger partial charge in [0.2, 0.25) is 0 Å². The predicted octanol–water partition coefficient (Wildman–Crippen LogP) is 10.9. The van der Waals surface area contributed by atoms with Crippen molar-refractivity contribution in [1.82, 2.24) is 0 Å². The highest BCUT2D eigenvalue weighted by molar-refractivity contribution is 5.74. The Balaban J connectivity index is -0.000000166. The molecule has 0 saturated carbocycles. The fraction of sp³-hybridized carbons (Fsp3) is 0.872. The second-order valence-corrected chi connectivity index (χ2v) is 17.0. The molecule has 0 aromatic heterocycles. The van der Waals surface area contributed by atoms with E-state index in [0.717, 1.165) is 57.8 Å². The monoisotopic (exact) mass is 707 g/mol. The lowest BCUT2D eigenvalue weighted by atomic mass is 9.84. The molecule has 0 aliphatic heterocycles. The molecule has 294 valence electrons. The second-order valence-electron chi connectivity index (χ2n) is 17.0. The first kappa shape index (κ1) is 55.8. The highest BCUT2D eigenvalue weighted by atomic mass is 16.4. The molecular formula is C39H78O10. The van der Waals surface area contributed by atoms with Gasteiger partial charge in [-0.05, 0) is 91.4 Å². The van der Waals surface area contributed by atoms with Gasteiger partial charge in [-0.25, -0.2) is 0 Å². The van der Waals surface area contributed by atoms with Crippen LogP contribution in [-0.4, -0.2) is 55.4 Å². The maximum absolute atomic E-state index is 10.7. The van der Waals surface area contributed by atoms with Crippen LogP contribution in [0.1, 0.15) is 187 Å². The van der Waals surface area contributed by atoms with Gasteiger partial charge in [0.15, 0.2) is 0 Å². The smallest absolute Gasteiger partial charge is 0.309 e. The Bertz CT molecular complexity index is 890. The third-order valence-corrected chi connectivity index (χ3v) is 7.24. The number of carbonyl (C=O) groups is 5. The maximum Gasteiger partial charge on any atom is 0.309 e. The van der Waals surface area contributed by atoms with Crippen molar-refractivity contribution in [3.05, 3.63) is 0 Å². The predicted molar refractivity (Wildman–Crippen MR) is 200 cm³/mol. The standard InChI is InChI=1S/C10H20O2.C9H18O2.C8H16O2.C7H14O2.C5H10O2/c1-4-5-6-7-8-10(2,3)9(11)12;1-7(5-8(10)11)6-9(2,3)4;1-7(2)5-3-4-6-8(9)10;1-4-5-7(2,3)6(8)9;1-5(2,3)4(6)7/h4-8H2,1-3H3,(H,11,12);7H,5-6H2,1-4H3,(H,10,11);7H,3-6H2,1-2H3,(H,9,10);4-5H2,1-3H3,(H,8,9);1-3H3,(H,6,7). The molecule has 0 saturated heterocycles. The number of hydrogen-bond donors (Lipinski definition) is 5. The summed E-state index contributed by atoms with van der Waals surface area (Å²) >= 11 is 0. The summed E-state index contributed by atoms with van der Waals surface area (Å²) in [5.74, 6) is -2.53. The number of rotatable bonds is 17. The Hall–Kier alpha value is -2.65. The van der Waals surface area contributed by atoms with Crippen molar-refractivity contribution in [2.45, 2.75) is 187 Å². The Labute approximate surface area is 299 Å². The van der Waals surface area contributed by atoms with Crippen molar-refractivity contribution in [3.63, 3.8) is 0 Å². The van der Waals surface area contributed by atoms with Crippen molar-refractivity contribution >= 4 is 29.8 Å². The van der Waals surface area contributed by atoms with Gasteiger partial charge in [0.1, 0.15) is 0 Å². The van der Waals surface area contributed by atoms with Crippen LogP contribution >= 0.6 is 0 Å². The molecule has 0 heterocycles. The summed E-state index contributed by atoms with van der Waals surface area (Å²) in [6.45, 7) is 28.9. The van der Waals surface area contributed by atoms with Crippen LogP contribution in [0.2, 0.25) is 0 Å². The topological polar surface area (TPSA) is 186 Å². The fourth-order valence-electron chi connectivity index (χ4n) is 4.08. The van der Waals surface area contributed by atoms with Crippen molar-refractivity contribution in [1.29, 1.82) is 0 Å². The minimum atomic E-state index is -0.757. The molecule has 49 heavy (non-hydrogen) atoms. The average molecular weight is 707 g/mol. The van der Waals surface area contributed by atoms with Gasteiger partial charge < -0.3 is 25.5 Å². The molecular weight excluding hydrogens is 628 g/mol. The third kappa shape index (κ3) is 47.5. The van der Waals surface area contributed by atoms with Crippen LogP contribution < -0.4 is 0 Å². The van der Waals surface area contributed by atoms with Gasteiger partial charge >= 0.3 is 29.8 Å². The molecule has 0 spiro atoms. The van der Waals surface area contributed by atoms with E-state index in [9.17, 15) is 24.0 Å². The molecule has 0 aromatic rings. The lowest BCUT2D eigenvalue weighted by molar-refractivity contribution is -0.148. The van der Waals surface area contributed by atoms with E-state index in [1.165, 1.54) is 12.8 Å². The van der Waals surface area contributed by atoms with Crippen LogP contribution in [0.25, 0.3) is 0 Å². The quantitative estimate of drug-likeness (QED) is 0.0911. The highest BCUT2D eigenvalue weighted by Gasteiger charge is 2.26. The van der Waals surface area contributed by atoms with Crippen LogP contribution in [0, 0.1) is 33.5 Å². The van der Waals surface area contributed by atoms with Crippen LogP contribution in [0.5, 0.6) is 0 Å². The van der Waals surface area contributed by atoms with Crippen LogP contribution in [0.4, 0.5) is 0 Å². The minimum Gasteiger partial charge on any atom is -0.481 e. The number of carboxylic acids is 5. The summed E-state index contributed by atoms with van der Waals surface area (Å²) in [4.78, 5) is 51.5. The van der Waals surface area contributed by atoms with E-state index >= 15 is 0 Å². The zero-order valence-corrected chi connectivity index (χ0v) is 34.1. The SMILES string of the molecule is CC(C)(C)C(=O)O.CC(C)CCCCC(=O)O.CC(CC(=O)O)CC(C)(C)C.CCCC(C)(C)C(=O)O.CCCCCCC(C)(C)C(=O)O. The van der Waals surface area contributed by atoms with Gasteiger partial charge in [-0.15, -0.1) is 0 Å². The summed E-state index contributed by atoms with van der Waals surface area (Å²) in [6.07, 6.45) is 11.7. The number of unbranched alkanes of at least 4 members (excludes halogenated alkanes) is 4. The number of aliphatic carboxylic acids is 5. The average Bonchev–Trinajstić information content (AvgIpc) is 2.88. The first-order valence-electron chi connectivity index (χ1n) is 18.0. The summed E-state index contributed by atoms with van der Waals surface area (Å²) in [5, 5.41) is 42.4. The van der Waals surface area contributed by atoms with Crippen LogP contribution in [0.3, 0.4) is 0 Å². The molecule has 0 amide bonds. The number of carboxylic acid groups (broad SMARTS) is 5. The summed E-state index contributed by atoms with van der Waals surface area (Å²) in [5.41, 5.74) is -1.41. The van der Waals surface area contributed by atoms with Gasteiger partial charge in [-0.1, -0.05) is 100 Å². The molecule has 1 atom stereocenters. The molecule has 5 N–H and O–H groups in total. The molecule has 0 aliphatic rings. The second kappa shape index (κ2) is 29.1. The van der Waals surface area contributed by atoms with Crippen LogP contribution in [-0.2, 0) is 24.0 Å². The zero-order chi connectivity index (χ0) is 40.2. The van der Waals surface area contributed by atoms with Crippen molar-refractivity contribution in [2.24, 2.45) is 33.5 Å². The van der Waals surface area contributed by atoms with E-state index in [4.69, 9.17) is 25.5 Å². The largest absolute Gasteiger partial charge is 0.481 e. The lowest BCUT2D eigenvalue weighted by Crippen LogP contribution is -2.23. The molecule has 0 fully saturated rings. The number of hydrogen-bond acceptors (Lipinski definition) is 5. The van der Waals surface area contributed by atoms with E-state index < -0.39 is 46.1 Å². The van der Waals surface area contributed by atoms with Crippen molar-refractivity contribution in [2.75, 3.05) is 0 Å². The Morgan fingerprint density at radius 1 is 0.531 bits per heavy atom. The van der Waals surface area contributed by atoms with Crippen molar-refractivity contribution in [3.8, 4) is 0 Å². The molecule has 1 unspecified atom stereocenters. The van der Waals surface area contributed by atoms with Gasteiger partial charge in [-0.2, -0.15) is 0 Å². The van der Waals surface area contributed by atoms with E-state index in [0.29, 0.717) is 12.3 Å². The Morgan fingerprint density at radius 3 is 1.22 bits per heavy atom. The van der Waals surface area contributed by atoms with E-state index in [-0.39, 0.29) is 17.8 Å². The van der Waals surface area contributed by atoms with Crippen LogP contribution in [0.15, 0.2) is 0 Å². The van der Waals surface area contributed by atoms with E-state index in [1.54, 1.807) is 48.5 Å². The van der Waals surface area contributed by atoms with E-state index in [2.05, 4.69) is 41.5 Å². The minimum absolute atomic E-state index is 0.245. The summed E-state index contributed by atoms with van der Waals surface area (Å²) in [6, 6.07) is 0. The zero-order valence-electron chi connectivity index (χ0n) is 34.1. The highest BCUT2D eigenvalue weighted by Crippen LogP contribution is 2.26. The maximum atomic E-state index is 10.7. The summed E-state index contributed by atoms with van der Waals surface area (Å²) in [7, 11) is 0. The van der Waals surface area contributed by atoms with Crippen molar-refractivity contribution < 1.29 is 49.5 Å². The van der Waals surface area contributed by atoms with Gasteiger partial charge in [-0.3, -0.25) is 24.0 Å². The van der Waals surface area contributed by atoms with Gasteiger partial charge in [0.05, 0.1) is 16.2 Å². The molecule has 10 nitrogen and oxygen atoms in total. The molecule has 0 aromatic carbocycles. The Morgan fingerprint density at radius 2 is 0.959 bits per heavy atom. The molecule has 0 bridgehead atoms.